The average molecular weight is 253 g/mol. The van der Waals surface area contributed by atoms with Crippen molar-refractivity contribution in [3.05, 3.63) is 45.7 Å². The highest BCUT2D eigenvalue weighted by Crippen LogP contribution is 2.20. The number of carbonyl (C=O) groups excluding carboxylic acids is 1. The van der Waals surface area contributed by atoms with Crippen molar-refractivity contribution in [2.24, 2.45) is 0 Å². The fourth-order valence-electron chi connectivity index (χ4n) is 1.46. The maximum atomic E-state index is 11.4. The number of nitrogens with zero attached hydrogens (tertiary/aromatic N) is 1. The molecule has 0 bridgehead atoms. The summed E-state index contributed by atoms with van der Waals surface area (Å²) in [5.41, 5.74) is 0.747. The van der Waals surface area contributed by atoms with Gasteiger partial charge in [0.25, 0.3) is 5.56 Å². The predicted molar refractivity (Wildman–Crippen MR) is 63.3 cm³/mol. The number of rotatable bonds is 1. The normalized spacial score (nSPS) is 10.2. The third-order valence-electron chi connectivity index (χ3n) is 2.23. The number of halogens is 1. The third-order valence-corrected chi connectivity index (χ3v) is 2.48. The summed E-state index contributed by atoms with van der Waals surface area (Å²) in [6, 6.07) is 8.10. The minimum atomic E-state index is -0.656. The molecule has 0 aliphatic rings. The Balaban J connectivity index is 2.55. The molecule has 5 nitrogen and oxygen atoms in total. The fraction of sp³-hybridized carbons (Fsp3) is 0.0909. The molecule has 1 aromatic heterocycles. The first-order valence-corrected chi connectivity index (χ1v) is 5.16. The number of methoxy groups -OCH3 is 1. The van der Waals surface area contributed by atoms with Crippen molar-refractivity contribution < 1.29 is 9.53 Å². The highest BCUT2D eigenvalue weighted by Gasteiger charge is 2.13. The van der Waals surface area contributed by atoms with Crippen molar-refractivity contribution in [3.8, 4) is 11.3 Å². The Kier molecular flexibility index (Phi) is 3.01. The molecule has 6 heteroatoms. The Hall–Kier alpha value is -2.01. The summed E-state index contributed by atoms with van der Waals surface area (Å²) in [4.78, 5) is 22.7. The zero-order valence-corrected chi connectivity index (χ0v) is 9.69. The summed E-state index contributed by atoms with van der Waals surface area (Å²) >= 11 is 5.77. The van der Waals surface area contributed by atoms with Gasteiger partial charge >= 0.3 is 6.09 Å². The molecule has 88 valence electrons. The van der Waals surface area contributed by atoms with Crippen LogP contribution in [0.4, 0.5) is 4.79 Å². The van der Waals surface area contributed by atoms with Gasteiger partial charge in [-0.25, -0.2) is 4.79 Å². The third kappa shape index (κ3) is 2.24. The molecular weight excluding hydrogens is 244 g/mol. The predicted octanol–water partition coefficient (Wildman–Crippen LogP) is 2.11. The van der Waals surface area contributed by atoms with E-state index in [1.54, 1.807) is 24.3 Å². The van der Waals surface area contributed by atoms with Gasteiger partial charge in [-0.1, -0.05) is 23.7 Å². The van der Waals surface area contributed by atoms with Gasteiger partial charge in [0.1, 0.15) is 0 Å². The van der Waals surface area contributed by atoms with Crippen LogP contribution in [-0.2, 0) is 4.74 Å². The first-order valence-electron chi connectivity index (χ1n) is 4.78. The van der Waals surface area contributed by atoms with Gasteiger partial charge in [0.05, 0.1) is 12.8 Å². The molecule has 2 aromatic rings. The molecule has 1 aromatic carbocycles. The van der Waals surface area contributed by atoms with Gasteiger partial charge in [-0.2, -0.15) is 4.68 Å². The van der Waals surface area contributed by atoms with Crippen molar-refractivity contribution in [1.82, 2.24) is 9.78 Å². The topological polar surface area (TPSA) is 64.1 Å². The highest BCUT2D eigenvalue weighted by atomic mass is 35.5. The average Bonchev–Trinajstić information content (AvgIpc) is 2.71. The smallest absolute Gasteiger partial charge is 0.433 e. The maximum absolute atomic E-state index is 11.4. The van der Waals surface area contributed by atoms with Crippen molar-refractivity contribution in [2.75, 3.05) is 7.11 Å². The Morgan fingerprint density at radius 3 is 2.59 bits per heavy atom. The van der Waals surface area contributed by atoms with Crippen LogP contribution in [0.5, 0.6) is 0 Å². The van der Waals surface area contributed by atoms with Crippen molar-refractivity contribution in [3.63, 3.8) is 0 Å². The van der Waals surface area contributed by atoms with Gasteiger partial charge in [-0.05, 0) is 12.1 Å². The monoisotopic (exact) mass is 252 g/mol. The summed E-state index contributed by atoms with van der Waals surface area (Å²) < 4.78 is 5.61. The molecule has 0 unspecified atom stereocenters. The number of aromatic nitrogens is 2. The summed E-state index contributed by atoms with van der Waals surface area (Å²) in [6.07, 6.45) is -0.656. The van der Waals surface area contributed by atoms with E-state index >= 15 is 0 Å². The minimum Gasteiger partial charge on any atom is -0.451 e. The van der Waals surface area contributed by atoms with E-state index in [4.69, 9.17) is 11.6 Å². The van der Waals surface area contributed by atoms with Crippen LogP contribution in [0.25, 0.3) is 11.3 Å². The van der Waals surface area contributed by atoms with E-state index in [1.165, 1.54) is 13.2 Å². The second-order valence-electron chi connectivity index (χ2n) is 3.32. The molecule has 0 atom stereocenters. The zero-order chi connectivity index (χ0) is 12.4. The molecule has 0 fully saturated rings. The molecule has 0 amide bonds. The van der Waals surface area contributed by atoms with Crippen molar-refractivity contribution in [1.29, 1.82) is 0 Å². The van der Waals surface area contributed by atoms with Crippen LogP contribution in [0.1, 0.15) is 0 Å². The van der Waals surface area contributed by atoms with Crippen LogP contribution in [0.3, 0.4) is 0 Å². The first kappa shape index (κ1) is 11.5. The maximum Gasteiger partial charge on any atom is 0.433 e. The lowest BCUT2D eigenvalue weighted by molar-refractivity contribution is 0.169. The first-order chi connectivity index (χ1) is 8.11. The van der Waals surface area contributed by atoms with Crippen LogP contribution in [0.2, 0.25) is 5.02 Å². The molecular formula is C11H9ClN2O3. The summed E-state index contributed by atoms with van der Waals surface area (Å²) in [5, 5.41) is 2.94. The van der Waals surface area contributed by atoms with Gasteiger partial charge in [0, 0.05) is 16.7 Å². The largest absolute Gasteiger partial charge is 0.451 e. The number of benzene rings is 1. The molecule has 0 saturated heterocycles. The molecule has 17 heavy (non-hydrogen) atoms. The van der Waals surface area contributed by atoms with E-state index in [-0.39, 0.29) is 5.56 Å². The SMILES string of the molecule is COC(=O)n1[nH]c(=O)cc1-c1ccc(Cl)cc1. The molecule has 0 saturated carbocycles. The van der Waals surface area contributed by atoms with E-state index in [1.807, 2.05) is 0 Å². The van der Waals surface area contributed by atoms with Gasteiger partial charge in [0.2, 0.25) is 0 Å². The van der Waals surface area contributed by atoms with Gasteiger partial charge in [0.15, 0.2) is 0 Å². The number of ether oxygens (including phenoxy) is 1. The summed E-state index contributed by atoms with van der Waals surface area (Å²) in [5.74, 6) is 0. The number of nitrogens with one attached hydrogen (secondary N) is 1. The van der Waals surface area contributed by atoms with Gasteiger partial charge in [-0.3, -0.25) is 9.89 Å². The lowest BCUT2D eigenvalue weighted by Gasteiger charge is -2.05. The van der Waals surface area contributed by atoms with Crippen LogP contribution < -0.4 is 5.56 Å². The van der Waals surface area contributed by atoms with Crippen LogP contribution >= 0.6 is 11.6 Å². The molecule has 0 aliphatic heterocycles. The number of H-pyrrole nitrogens is 1. The lowest BCUT2D eigenvalue weighted by Crippen LogP contribution is -2.16. The van der Waals surface area contributed by atoms with Gasteiger partial charge < -0.3 is 4.74 Å². The minimum absolute atomic E-state index is 0.375. The number of hydrogen-bond donors (Lipinski definition) is 1. The van der Waals surface area contributed by atoms with E-state index < -0.39 is 6.09 Å². The molecule has 0 radical (unpaired) electrons. The second kappa shape index (κ2) is 4.47. The molecule has 0 spiro atoms. The second-order valence-corrected chi connectivity index (χ2v) is 3.75. The molecule has 1 heterocycles. The lowest BCUT2D eigenvalue weighted by atomic mass is 10.1. The fourth-order valence-corrected chi connectivity index (χ4v) is 1.59. The standard InChI is InChI=1S/C11H9ClN2O3/c1-17-11(16)14-9(6-10(15)13-14)7-2-4-8(12)5-3-7/h2-6H,1H3,(H,13,15). The Bertz CT molecular complexity index is 598. The summed E-state index contributed by atoms with van der Waals surface area (Å²) in [6.45, 7) is 0. The number of aromatic amines is 1. The summed E-state index contributed by atoms with van der Waals surface area (Å²) in [7, 11) is 1.24. The zero-order valence-electron chi connectivity index (χ0n) is 8.94. The van der Waals surface area contributed by atoms with Crippen molar-refractivity contribution in [2.45, 2.75) is 0 Å². The van der Waals surface area contributed by atoms with Crippen LogP contribution in [0.15, 0.2) is 35.1 Å². The van der Waals surface area contributed by atoms with E-state index in [9.17, 15) is 9.59 Å². The molecule has 2 rings (SSSR count). The van der Waals surface area contributed by atoms with Gasteiger partial charge in [-0.15, -0.1) is 0 Å². The Labute approximate surface area is 102 Å². The Morgan fingerprint density at radius 2 is 2.00 bits per heavy atom. The Morgan fingerprint density at radius 1 is 1.35 bits per heavy atom. The van der Waals surface area contributed by atoms with E-state index in [2.05, 4.69) is 9.84 Å². The highest BCUT2D eigenvalue weighted by molar-refractivity contribution is 6.30. The van der Waals surface area contributed by atoms with Crippen LogP contribution in [0, 0.1) is 0 Å². The van der Waals surface area contributed by atoms with Crippen molar-refractivity contribution >= 4 is 17.7 Å². The molecule has 0 aliphatic carbocycles. The van der Waals surface area contributed by atoms with E-state index in [0.29, 0.717) is 16.3 Å². The van der Waals surface area contributed by atoms with Crippen LogP contribution in [-0.4, -0.2) is 23.0 Å². The quantitative estimate of drug-likeness (QED) is 0.845. The molecule has 1 N–H and O–H groups in total. The number of hydrogen-bond acceptors (Lipinski definition) is 3. The number of carbonyl (C=O) groups is 1. The van der Waals surface area contributed by atoms with E-state index in [0.717, 1.165) is 4.68 Å².